The Labute approximate surface area is 176 Å². The van der Waals surface area contributed by atoms with Crippen LogP contribution in [0.4, 0.5) is 24.7 Å². The lowest BCUT2D eigenvalue weighted by Gasteiger charge is -2.33. The Kier molecular flexibility index (Phi) is 7.13. The van der Waals surface area contributed by atoms with Gasteiger partial charge in [-0.25, -0.2) is 0 Å². The molecule has 2 amide bonds. The van der Waals surface area contributed by atoms with Crippen molar-refractivity contribution in [3.05, 3.63) is 36.0 Å². The molecule has 168 valence electrons. The Morgan fingerprint density at radius 2 is 1.58 bits per heavy atom. The minimum atomic E-state index is -4.76. The number of anilines is 2. The van der Waals surface area contributed by atoms with Gasteiger partial charge >= 0.3 is 6.36 Å². The van der Waals surface area contributed by atoms with E-state index in [4.69, 9.17) is 4.52 Å². The zero-order chi connectivity index (χ0) is 22.4. The fourth-order valence-corrected chi connectivity index (χ4v) is 3.05. The molecule has 0 unspecified atom stereocenters. The highest BCUT2D eigenvalue weighted by atomic mass is 19.4. The number of hydrogen-bond donors (Lipinski definition) is 2. The van der Waals surface area contributed by atoms with Gasteiger partial charge in [-0.2, -0.15) is 0 Å². The summed E-state index contributed by atoms with van der Waals surface area (Å²) in [6, 6.07) is 6.57. The standard InChI is InChI=1S/C19H22F3N5O4/c1-13-10-18(31-25-13)24-17(29)12-27-8-6-26(7-9-27)11-16(28)23-14-2-4-15(5-3-14)30-19(20,21)22/h2-5,10H,6-9,11-12H2,1H3,(H,23,28)(H,24,29). The number of benzene rings is 1. The summed E-state index contributed by atoms with van der Waals surface area (Å²) in [5.74, 6) is -0.545. The molecule has 1 fully saturated rings. The predicted octanol–water partition coefficient (Wildman–Crippen LogP) is 2.08. The van der Waals surface area contributed by atoms with Crippen molar-refractivity contribution in [2.45, 2.75) is 13.3 Å². The van der Waals surface area contributed by atoms with Crippen molar-refractivity contribution in [2.75, 3.05) is 49.9 Å². The van der Waals surface area contributed by atoms with E-state index in [1.54, 1.807) is 13.0 Å². The average molecular weight is 441 g/mol. The molecule has 2 heterocycles. The number of alkyl halides is 3. The topological polar surface area (TPSA) is 99.9 Å². The van der Waals surface area contributed by atoms with E-state index in [0.717, 1.165) is 12.1 Å². The van der Waals surface area contributed by atoms with Crippen molar-refractivity contribution < 1.29 is 32.0 Å². The highest BCUT2D eigenvalue weighted by Gasteiger charge is 2.31. The normalized spacial score (nSPS) is 15.5. The number of piperazine rings is 1. The predicted molar refractivity (Wildman–Crippen MR) is 105 cm³/mol. The van der Waals surface area contributed by atoms with E-state index in [-0.39, 0.29) is 30.7 Å². The van der Waals surface area contributed by atoms with Crippen LogP contribution in [0.3, 0.4) is 0 Å². The maximum atomic E-state index is 12.2. The molecule has 9 nitrogen and oxygen atoms in total. The summed E-state index contributed by atoms with van der Waals surface area (Å²) >= 11 is 0. The van der Waals surface area contributed by atoms with Crippen LogP contribution in [0.2, 0.25) is 0 Å². The van der Waals surface area contributed by atoms with Crippen LogP contribution in [0.5, 0.6) is 5.75 Å². The van der Waals surface area contributed by atoms with Gasteiger partial charge in [0.2, 0.25) is 17.7 Å². The number of rotatable bonds is 7. The molecule has 1 aliphatic rings. The van der Waals surface area contributed by atoms with Gasteiger partial charge in [0.25, 0.3) is 0 Å². The number of halogens is 3. The number of aromatic nitrogens is 1. The molecule has 31 heavy (non-hydrogen) atoms. The second-order valence-electron chi connectivity index (χ2n) is 7.05. The Morgan fingerprint density at radius 1 is 1.03 bits per heavy atom. The van der Waals surface area contributed by atoms with Crippen molar-refractivity contribution >= 4 is 23.4 Å². The van der Waals surface area contributed by atoms with Gasteiger partial charge in [0, 0.05) is 37.9 Å². The average Bonchev–Trinajstić information content (AvgIpc) is 3.08. The second-order valence-corrected chi connectivity index (χ2v) is 7.05. The molecule has 1 saturated heterocycles. The number of carbonyl (C=O) groups is 2. The molecule has 0 spiro atoms. The fourth-order valence-electron chi connectivity index (χ4n) is 3.05. The van der Waals surface area contributed by atoms with Crippen LogP contribution in [0.25, 0.3) is 0 Å². The van der Waals surface area contributed by atoms with E-state index in [1.165, 1.54) is 12.1 Å². The Bertz CT molecular complexity index is 893. The third-order valence-corrected chi connectivity index (χ3v) is 4.46. The van der Waals surface area contributed by atoms with Gasteiger partial charge in [0.05, 0.1) is 18.8 Å². The molecule has 0 bridgehead atoms. The summed E-state index contributed by atoms with van der Waals surface area (Å²) in [5, 5.41) is 8.98. The maximum Gasteiger partial charge on any atom is 0.573 e. The first-order valence-electron chi connectivity index (χ1n) is 9.50. The lowest BCUT2D eigenvalue weighted by molar-refractivity contribution is -0.274. The molecule has 0 radical (unpaired) electrons. The quantitative estimate of drug-likeness (QED) is 0.679. The summed E-state index contributed by atoms with van der Waals surface area (Å²) in [5.41, 5.74) is 1.05. The zero-order valence-electron chi connectivity index (χ0n) is 16.7. The molecule has 12 heteroatoms. The Balaban J connectivity index is 1.37. The molecule has 2 N–H and O–H groups in total. The van der Waals surface area contributed by atoms with Crippen molar-refractivity contribution in [3.8, 4) is 5.75 Å². The molecule has 0 atom stereocenters. The van der Waals surface area contributed by atoms with E-state index in [0.29, 0.717) is 43.4 Å². The molecule has 0 aliphatic carbocycles. The monoisotopic (exact) mass is 441 g/mol. The summed E-state index contributed by atoms with van der Waals surface area (Å²) < 4.78 is 45.3. The summed E-state index contributed by atoms with van der Waals surface area (Å²) in [4.78, 5) is 28.2. The van der Waals surface area contributed by atoms with Gasteiger partial charge in [-0.1, -0.05) is 5.16 Å². The van der Waals surface area contributed by atoms with Crippen molar-refractivity contribution in [1.82, 2.24) is 15.0 Å². The number of hydrogen-bond acceptors (Lipinski definition) is 7. The van der Waals surface area contributed by atoms with Crippen LogP contribution in [0.15, 0.2) is 34.9 Å². The van der Waals surface area contributed by atoms with E-state index < -0.39 is 6.36 Å². The third-order valence-electron chi connectivity index (χ3n) is 4.46. The molecule has 1 aliphatic heterocycles. The van der Waals surface area contributed by atoms with Crippen LogP contribution in [-0.4, -0.2) is 72.4 Å². The number of nitrogens with zero attached hydrogens (tertiary/aromatic N) is 3. The largest absolute Gasteiger partial charge is 0.573 e. The number of carbonyl (C=O) groups excluding carboxylic acids is 2. The molecule has 1 aromatic heterocycles. The highest BCUT2D eigenvalue weighted by Crippen LogP contribution is 2.24. The van der Waals surface area contributed by atoms with Crippen LogP contribution in [-0.2, 0) is 9.59 Å². The van der Waals surface area contributed by atoms with Crippen LogP contribution < -0.4 is 15.4 Å². The number of amides is 2. The van der Waals surface area contributed by atoms with Gasteiger partial charge in [0.1, 0.15) is 5.75 Å². The van der Waals surface area contributed by atoms with E-state index in [9.17, 15) is 22.8 Å². The van der Waals surface area contributed by atoms with Crippen LogP contribution >= 0.6 is 0 Å². The van der Waals surface area contributed by atoms with Crippen molar-refractivity contribution in [3.63, 3.8) is 0 Å². The highest BCUT2D eigenvalue weighted by molar-refractivity contribution is 5.92. The first-order chi connectivity index (χ1) is 14.7. The number of ether oxygens (including phenoxy) is 1. The van der Waals surface area contributed by atoms with E-state index in [1.807, 2.05) is 9.80 Å². The zero-order valence-corrected chi connectivity index (χ0v) is 16.7. The lowest BCUT2D eigenvalue weighted by atomic mass is 10.3. The van der Waals surface area contributed by atoms with Gasteiger partial charge in [-0.05, 0) is 31.2 Å². The van der Waals surface area contributed by atoms with Gasteiger partial charge < -0.3 is 14.6 Å². The molecule has 3 rings (SSSR count). The SMILES string of the molecule is Cc1cc(NC(=O)CN2CCN(CC(=O)Nc3ccc(OC(F)(F)F)cc3)CC2)on1. The molecule has 2 aromatic rings. The minimum Gasteiger partial charge on any atom is -0.406 e. The first kappa shape index (κ1) is 22.6. The van der Waals surface area contributed by atoms with E-state index in [2.05, 4.69) is 20.5 Å². The fraction of sp³-hybridized carbons (Fsp3) is 0.421. The molecular formula is C19H22F3N5O4. The first-order valence-corrected chi connectivity index (χ1v) is 9.50. The third kappa shape index (κ3) is 7.57. The van der Waals surface area contributed by atoms with Gasteiger partial charge in [-0.15, -0.1) is 13.2 Å². The second kappa shape index (κ2) is 9.79. The summed E-state index contributed by atoms with van der Waals surface area (Å²) in [6.45, 7) is 4.51. The van der Waals surface area contributed by atoms with Crippen LogP contribution in [0.1, 0.15) is 5.69 Å². The smallest absolute Gasteiger partial charge is 0.406 e. The number of nitrogens with one attached hydrogen (secondary N) is 2. The maximum absolute atomic E-state index is 12.2. The van der Waals surface area contributed by atoms with E-state index >= 15 is 0 Å². The van der Waals surface area contributed by atoms with Crippen LogP contribution in [0, 0.1) is 6.92 Å². The summed E-state index contributed by atoms with van der Waals surface area (Å²) in [6.07, 6.45) is -4.76. The molecular weight excluding hydrogens is 419 g/mol. The number of aryl methyl sites for hydroxylation is 1. The minimum absolute atomic E-state index is 0.137. The van der Waals surface area contributed by atoms with Gasteiger partial charge in [-0.3, -0.25) is 24.7 Å². The summed E-state index contributed by atoms with van der Waals surface area (Å²) in [7, 11) is 0. The molecule has 0 saturated carbocycles. The molecule has 1 aromatic carbocycles. The van der Waals surface area contributed by atoms with Crippen molar-refractivity contribution in [2.24, 2.45) is 0 Å². The van der Waals surface area contributed by atoms with Gasteiger partial charge in [0.15, 0.2) is 0 Å². The van der Waals surface area contributed by atoms with Crippen molar-refractivity contribution in [1.29, 1.82) is 0 Å². The lowest BCUT2D eigenvalue weighted by Crippen LogP contribution is -2.50. The Morgan fingerprint density at radius 3 is 2.06 bits per heavy atom. The Hall–Kier alpha value is -3.12.